The maximum atomic E-state index is 9.50. The van der Waals surface area contributed by atoms with Crippen molar-refractivity contribution in [2.45, 2.75) is 39.3 Å². The first-order valence-electron chi connectivity index (χ1n) is 7.07. The second kappa shape index (κ2) is 9.08. The van der Waals surface area contributed by atoms with Crippen LogP contribution in [0.25, 0.3) is 0 Å². The molecule has 1 atom stereocenters. The number of nitrogens with one attached hydrogen (secondary N) is 1. The standard InChI is InChI=1S/C16H27NO2/c1-13(2)10-14-4-6-15(7-5-14)11-17-9-8-16(18)12-19-3/h4-7,13,16-18H,8-12H2,1-3H3. The summed E-state index contributed by atoms with van der Waals surface area (Å²) >= 11 is 0. The first-order valence-corrected chi connectivity index (χ1v) is 7.07. The zero-order valence-electron chi connectivity index (χ0n) is 12.4. The molecule has 108 valence electrons. The quantitative estimate of drug-likeness (QED) is 0.674. The summed E-state index contributed by atoms with van der Waals surface area (Å²) in [6, 6.07) is 8.76. The Hall–Kier alpha value is -0.900. The molecule has 0 amide bonds. The molecule has 0 aromatic heterocycles. The molecule has 3 nitrogen and oxygen atoms in total. The Morgan fingerprint density at radius 1 is 1.16 bits per heavy atom. The third-order valence-electron chi connectivity index (χ3n) is 3.01. The molecular weight excluding hydrogens is 238 g/mol. The summed E-state index contributed by atoms with van der Waals surface area (Å²) in [6.45, 7) is 6.53. The summed E-state index contributed by atoms with van der Waals surface area (Å²) in [7, 11) is 1.61. The lowest BCUT2D eigenvalue weighted by Gasteiger charge is -2.10. The van der Waals surface area contributed by atoms with Crippen LogP contribution in [0.5, 0.6) is 0 Å². The number of benzene rings is 1. The molecule has 2 N–H and O–H groups in total. The van der Waals surface area contributed by atoms with E-state index in [-0.39, 0.29) is 6.10 Å². The van der Waals surface area contributed by atoms with Crippen molar-refractivity contribution in [1.82, 2.24) is 5.32 Å². The van der Waals surface area contributed by atoms with E-state index in [2.05, 4.69) is 43.4 Å². The molecule has 1 aromatic carbocycles. The van der Waals surface area contributed by atoms with E-state index in [4.69, 9.17) is 4.74 Å². The Bertz CT molecular complexity index is 335. The number of rotatable bonds is 9. The van der Waals surface area contributed by atoms with Crippen molar-refractivity contribution in [3.05, 3.63) is 35.4 Å². The Kier molecular flexibility index (Phi) is 7.72. The number of hydrogen-bond donors (Lipinski definition) is 2. The van der Waals surface area contributed by atoms with E-state index in [1.54, 1.807) is 7.11 Å². The lowest BCUT2D eigenvalue weighted by Crippen LogP contribution is -2.23. The molecule has 0 saturated heterocycles. The summed E-state index contributed by atoms with van der Waals surface area (Å²) < 4.78 is 4.89. The van der Waals surface area contributed by atoms with Gasteiger partial charge in [0.1, 0.15) is 0 Å². The third-order valence-corrected chi connectivity index (χ3v) is 3.01. The Balaban J connectivity index is 2.22. The maximum Gasteiger partial charge on any atom is 0.0785 e. The fraction of sp³-hybridized carbons (Fsp3) is 0.625. The predicted molar refractivity (Wildman–Crippen MR) is 79.2 cm³/mol. The number of methoxy groups -OCH3 is 1. The van der Waals surface area contributed by atoms with Gasteiger partial charge < -0.3 is 15.2 Å². The molecule has 0 bridgehead atoms. The molecule has 0 saturated carbocycles. The molecule has 0 aliphatic heterocycles. The van der Waals surface area contributed by atoms with Crippen molar-refractivity contribution < 1.29 is 9.84 Å². The number of ether oxygens (including phenoxy) is 1. The highest BCUT2D eigenvalue weighted by molar-refractivity contribution is 5.22. The second-order valence-corrected chi connectivity index (χ2v) is 5.49. The molecule has 0 radical (unpaired) electrons. The Morgan fingerprint density at radius 2 is 1.79 bits per heavy atom. The van der Waals surface area contributed by atoms with Crippen molar-refractivity contribution in [1.29, 1.82) is 0 Å². The van der Waals surface area contributed by atoms with Gasteiger partial charge in [-0.15, -0.1) is 0 Å². The van der Waals surface area contributed by atoms with Gasteiger partial charge in [0, 0.05) is 13.7 Å². The highest BCUT2D eigenvalue weighted by atomic mass is 16.5. The van der Waals surface area contributed by atoms with Crippen molar-refractivity contribution in [2.24, 2.45) is 5.92 Å². The highest BCUT2D eigenvalue weighted by Crippen LogP contribution is 2.09. The Labute approximate surface area is 117 Å². The zero-order chi connectivity index (χ0) is 14.1. The van der Waals surface area contributed by atoms with Gasteiger partial charge in [-0.25, -0.2) is 0 Å². The van der Waals surface area contributed by atoms with Crippen LogP contribution >= 0.6 is 0 Å². The van der Waals surface area contributed by atoms with Gasteiger partial charge in [-0.05, 0) is 36.4 Å². The largest absolute Gasteiger partial charge is 0.391 e. The molecule has 0 heterocycles. The number of aliphatic hydroxyl groups is 1. The average Bonchev–Trinajstić information content (AvgIpc) is 2.36. The van der Waals surface area contributed by atoms with Crippen LogP contribution in [0, 0.1) is 5.92 Å². The lowest BCUT2D eigenvalue weighted by molar-refractivity contribution is 0.0594. The molecule has 0 aliphatic carbocycles. The topological polar surface area (TPSA) is 41.5 Å². The van der Waals surface area contributed by atoms with Gasteiger partial charge in [-0.3, -0.25) is 0 Å². The molecule has 1 unspecified atom stereocenters. The minimum Gasteiger partial charge on any atom is -0.391 e. The summed E-state index contributed by atoms with van der Waals surface area (Å²) in [5.74, 6) is 0.700. The zero-order valence-corrected chi connectivity index (χ0v) is 12.4. The first-order chi connectivity index (χ1) is 9.11. The fourth-order valence-electron chi connectivity index (χ4n) is 2.04. The molecule has 0 spiro atoms. The third kappa shape index (κ3) is 7.31. The van der Waals surface area contributed by atoms with Crippen LogP contribution in [-0.4, -0.2) is 31.5 Å². The number of aliphatic hydroxyl groups excluding tert-OH is 1. The summed E-state index contributed by atoms with van der Waals surface area (Å²) in [5.41, 5.74) is 2.68. The minimum absolute atomic E-state index is 0.370. The van der Waals surface area contributed by atoms with Gasteiger partial charge in [0.25, 0.3) is 0 Å². The van der Waals surface area contributed by atoms with Crippen molar-refractivity contribution >= 4 is 0 Å². The second-order valence-electron chi connectivity index (χ2n) is 5.49. The summed E-state index contributed by atoms with van der Waals surface area (Å²) in [6.07, 6.45) is 1.49. The van der Waals surface area contributed by atoms with Gasteiger partial charge in [0.2, 0.25) is 0 Å². The number of hydrogen-bond acceptors (Lipinski definition) is 3. The minimum atomic E-state index is -0.370. The lowest BCUT2D eigenvalue weighted by atomic mass is 10.0. The molecular formula is C16H27NO2. The van der Waals surface area contributed by atoms with Gasteiger partial charge in [0.15, 0.2) is 0 Å². The molecule has 1 aromatic rings. The van der Waals surface area contributed by atoms with Crippen LogP contribution in [0.2, 0.25) is 0 Å². The van der Waals surface area contributed by atoms with Crippen molar-refractivity contribution in [2.75, 3.05) is 20.3 Å². The maximum absolute atomic E-state index is 9.50. The first kappa shape index (κ1) is 16.2. The predicted octanol–water partition coefficient (Wildman–Crippen LogP) is 2.37. The van der Waals surface area contributed by atoms with E-state index in [0.717, 1.165) is 25.9 Å². The van der Waals surface area contributed by atoms with E-state index >= 15 is 0 Å². The van der Waals surface area contributed by atoms with E-state index in [1.807, 2.05) is 0 Å². The van der Waals surface area contributed by atoms with Crippen LogP contribution in [-0.2, 0) is 17.7 Å². The van der Waals surface area contributed by atoms with Gasteiger partial charge in [-0.2, -0.15) is 0 Å². The monoisotopic (exact) mass is 265 g/mol. The van der Waals surface area contributed by atoms with Gasteiger partial charge in [-0.1, -0.05) is 38.1 Å². The van der Waals surface area contributed by atoms with Crippen molar-refractivity contribution in [3.8, 4) is 0 Å². The molecule has 0 fully saturated rings. The summed E-state index contributed by atoms with van der Waals surface area (Å²) in [4.78, 5) is 0. The molecule has 1 rings (SSSR count). The van der Waals surface area contributed by atoms with Crippen LogP contribution < -0.4 is 5.32 Å². The van der Waals surface area contributed by atoms with Crippen LogP contribution in [0.15, 0.2) is 24.3 Å². The normalized spacial score (nSPS) is 12.9. The van der Waals surface area contributed by atoms with E-state index in [1.165, 1.54) is 11.1 Å². The average molecular weight is 265 g/mol. The van der Waals surface area contributed by atoms with Crippen LogP contribution in [0.3, 0.4) is 0 Å². The smallest absolute Gasteiger partial charge is 0.0785 e. The van der Waals surface area contributed by atoms with E-state index in [9.17, 15) is 5.11 Å². The fourth-order valence-corrected chi connectivity index (χ4v) is 2.04. The highest BCUT2D eigenvalue weighted by Gasteiger charge is 2.02. The SMILES string of the molecule is COCC(O)CCNCc1ccc(CC(C)C)cc1. The molecule has 0 aliphatic rings. The van der Waals surface area contributed by atoms with E-state index in [0.29, 0.717) is 12.5 Å². The Morgan fingerprint density at radius 3 is 2.37 bits per heavy atom. The van der Waals surface area contributed by atoms with Gasteiger partial charge in [0.05, 0.1) is 12.7 Å². The van der Waals surface area contributed by atoms with Crippen molar-refractivity contribution in [3.63, 3.8) is 0 Å². The molecule has 3 heteroatoms. The molecule has 19 heavy (non-hydrogen) atoms. The summed E-state index contributed by atoms with van der Waals surface area (Å²) in [5, 5.41) is 12.8. The van der Waals surface area contributed by atoms with E-state index < -0.39 is 0 Å². The van der Waals surface area contributed by atoms with Crippen LogP contribution in [0.4, 0.5) is 0 Å². The van der Waals surface area contributed by atoms with Gasteiger partial charge >= 0.3 is 0 Å². The van der Waals surface area contributed by atoms with Crippen LogP contribution in [0.1, 0.15) is 31.4 Å².